The highest BCUT2D eigenvalue weighted by atomic mass is 14.8. The van der Waals surface area contributed by atoms with Gasteiger partial charge in [0.05, 0.1) is 0 Å². The number of rotatable bonds is 7. The zero-order valence-electron chi connectivity index (χ0n) is 12.5. The van der Waals surface area contributed by atoms with E-state index in [4.69, 9.17) is 0 Å². The van der Waals surface area contributed by atoms with E-state index >= 15 is 0 Å². The van der Waals surface area contributed by atoms with Crippen LogP contribution in [0.5, 0.6) is 0 Å². The second-order valence-electron chi connectivity index (χ2n) is 5.18. The molecule has 0 aliphatic heterocycles. The summed E-state index contributed by atoms with van der Waals surface area (Å²) in [4.78, 5) is 4.55. The zero-order chi connectivity index (χ0) is 13.3. The Labute approximate surface area is 108 Å². The smallest absolute Gasteiger partial charge is 0.0442 e. The minimum absolute atomic E-state index is 0.427. The molecule has 0 aliphatic carbocycles. The summed E-state index contributed by atoms with van der Waals surface area (Å²) in [6.45, 7) is 12.9. The third-order valence-corrected chi connectivity index (χ3v) is 2.88. The Morgan fingerprint density at radius 2 is 1.65 bits per heavy atom. The first kappa shape index (κ1) is 16.1. The maximum atomic E-state index is 4.55. The Morgan fingerprint density at radius 1 is 1.00 bits per heavy atom. The topological polar surface area (TPSA) is 12.4 Å². The molecule has 0 radical (unpaired) electrons. The molecule has 1 heteroatoms. The average Bonchev–Trinajstić information content (AvgIpc) is 2.25. The van der Waals surface area contributed by atoms with Crippen LogP contribution in [0.3, 0.4) is 0 Å². The molecule has 0 rings (SSSR count). The van der Waals surface area contributed by atoms with Crippen LogP contribution >= 0.6 is 0 Å². The lowest BCUT2D eigenvalue weighted by Gasteiger charge is -2.04. The van der Waals surface area contributed by atoms with Gasteiger partial charge in [-0.2, -0.15) is 0 Å². The highest BCUT2D eigenvalue weighted by Crippen LogP contribution is 2.10. The van der Waals surface area contributed by atoms with Crippen molar-refractivity contribution in [3.05, 3.63) is 23.3 Å². The average molecular weight is 235 g/mol. The van der Waals surface area contributed by atoms with E-state index in [-0.39, 0.29) is 0 Å². The van der Waals surface area contributed by atoms with E-state index in [2.05, 4.69) is 58.7 Å². The Hall–Kier alpha value is -0.850. The largest absolute Gasteiger partial charge is 0.292 e. The normalized spacial score (nSPS) is 14.6. The molecule has 0 atom stereocenters. The molecule has 0 spiro atoms. The minimum atomic E-state index is 0.427. The highest BCUT2D eigenvalue weighted by Gasteiger charge is 1.96. The molecule has 0 heterocycles. The second-order valence-corrected chi connectivity index (χ2v) is 5.18. The molecule has 0 bridgehead atoms. The van der Waals surface area contributed by atoms with Crippen LogP contribution < -0.4 is 0 Å². The third-order valence-electron chi connectivity index (χ3n) is 2.88. The number of hydrogen-bond donors (Lipinski definition) is 0. The standard InChI is InChI=1S/C16H29N/c1-7-14(4)9-8-10-15(5)11-12-16(6)17-13(2)3/h7,10,13H,8-9,11-12H2,1-6H3/b14-7+,15-10+,17-16?. The van der Waals surface area contributed by atoms with Crippen molar-refractivity contribution in [3.8, 4) is 0 Å². The Morgan fingerprint density at radius 3 is 2.18 bits per heavy atom. The molecule has 98 valence electrons. The molecule has 1 nitrogen and oxygen atoms in total. The van der Waals surface area contributed by atoms with E-state index in [0.29, 0.717) is 6.04 Å². The van der Waals surface area contributed by atoms with Crippen LogP contribution in [-0.2, 0) is 0 Å². The maximum Gasteiger partial charge on any atom is 0.0442 e. The summed E-state index contributed by atoms with van der Waals surface area (Å²) < 4.78 is 0. The van der Waals surface area contributed by atoms with E-state index in [0.717, 1.165) is 12.8 Å². The van der Waals surface area contributed by atoms with Gasteiger partial charge in [0.1, 0.15) is 0 Å². The van der Waals surface area contributed by atoms with Crippen molar-refractivity contribution in [1.82, 2.24) is 0 Å². The van der Waals surface area contributed by atoms with Gasteiger partial charge in [0.2, 0.25) is 0 Å². The minimum Gasteiger partial charge on any atom is -0.292 e. The van der Waals surface area contributed by atoms with Gasteiger partial charge in [0.15, 0.2) is 0 Å². The van der Waals surface area contributed by atoms with Crippen LogP contribution in [0.15, 0.2) is 28.3 Å². The van der Waals surface area contributed by atoms with Crippen LogP contribution in [0.4, 0.5) is 0 Å². The van der Waals surface area contributed by atoms with E-state index < -0.39 is 0 Å². The van der Waals surface area contributed by atoms with E-state index in [1.807, 2.05) is 0 Å². The van der Waals surface area contributed by atoms with Crippen molar-refractivity contribution >= 4 is 5.71 Å². The van der Waals surface area contributed by atoms with Gasteiger partial charge in [-0.05, 0) is 67.2 Å². The third kappa shape index (κ3) is 10.0. The molecule has 0 fully saturated rings. The number of allylic oxidation sites excluding steroid dienone is 4. The molecule has 17 heavy (non-hydrogen) atoms. The summed E-state index contributed by atoms with van der Waals surface area (Å²) in [5.74, 6) is 0. The summed E-state index contributed by atoms with van der Waals surface area (Å²) in [7, 11) is 0. The van der Waals surface area contributed by atoms with Crippen LogP contribution in [0.2, 0.25) is 0 Å². The predicted octanol–water partition coefficient (Wildman–Crippen LogP) is 5.33. The maximum absolute atomic E-state index is 4.55. The van der Waals surface area contributed by atoms with Gasteiger partial charge < -0.3 is 0 Å². The molecule has 0 aromatic rings. The fourth-order valence-corrected chi connectivity index (χ4v) is 1.68. The van der Waals surface area contributed by atoms with Gasteiger partial charge in [-0.25, -0.2) is 0 Å². The van der Waals surface area contributed by atoms with Gasteiger partial charge in [-0.3, -0.25) is 4.99 Å². The van der Waals surface area contributed by atoms with Gasteiger partial charge in [-0.15, -0.1) is 0 Å². The fraction of sp³-hybridized carbons (Fsp3) is 0.688. The summed E-state index contributed by atoms with van der Waals surface area (Å²) >= 11 is 0. The van der Waals surface area contributed by atoms with Crippen molar-refractivity contribution < 1.29 is 0 Å². The summed E-state index contributed by atoms with van der Waals surface area (Å²) in [6, 6.07) is 0.427. The molecular weight excluding hydrogens is 206 g/mol. The first-order chi connectivity index (χ1) is 7.95. The zero-order valence-corrected chi connectivity index (χ0v) is 12.5. The SMILES string of the molecule is C/C=C(\C)CC/C=C(\C)CCC(C)=NC(C)C. The van der Waals surface area contributed by atoms with Crippen molar-refractivity contribution in [2.24, 2.45) is 4.99 Å². The fourth-order valence-electron chi connectivity index (χ4n) is 1.68. The molecule has 0 aromatic carbocycles. The van der Waals surface area contributed by atoms with Crippen LogP contribution in [0, 0.1) is 0 Å². The molecule has 0 amide bonds. The quantitative estimate of drug-likeness (QED) is 0.418. The Balaban J connectivity index is 3.93. The van der Waals surface area contributed by atoms with Crippen LogP contribution in [0.25, 0.3) is 0 Å². The lowest BCUT2D eigenvalue weighted by atomic mass is 10.1. The van der Waals surface area contributed by atoms with Gasteiger partial charge in [0, 0.05) is 11.8 Å². The lowest BCUT2D eigenvalue weighted by molar-refractivity contribution is 0.823. The van der Waals surface area contributed by atoms with Gasteiger partial charge in [-0.1, -0.05) is 23.3 Å². The monoisotopic (exact) mass is 235 g/mol. The molecular formula is C16H29N. The van der Waals surface area contributed by atoms with Crippen LogP contribution in [0.1, 0.15) is 67.2 Å². The van der Waals surface area contributed by atoms with Crippen molar-refractivity contribution in [1.29, 1.82) is 0 Å². The lowest BCUT2D eigenvalue weighted by Crippen LogP contribution is -1.98. The van der Waals surface area contributed by atoms with E-state index in [1.54, 1.807) is 0 Å². The number of nitrogens with zero attached hydrogens (tertiary/aromatic N) is 1. The molecule has 0 unspecified atom stereocenters. The Bertz CT molecular complexity index is 293. The summed E-state index contributed by atoms with van der Waals surface area (Å²) in [5, 5.41) is 0. The molecule has 0 aliphatic rings. The van der Waals surface area contributed by atoms with E-state index in [1.165, 1.54) is 29.7 Å². The first-order valence-corrected chi connectivity index (χ1v) is 6.76. The van der Waals surface area contributed by atoms with Crippen LogP contribution in [-0.4, -0.2) is 11.8 Å². The van der Waals surface area contributed by atoms with Gasteiger partial charge in [0.25, 0.3) is 0 Å². The van der Waals surface area contributed by atoms with Crippen molar-refractivity contribution in [2.75, 3.05) is 0 Å². The molecule has 0 aromatic heterocycles. The van der Waals surface area contributed by atoms with Crippen molar-refractivity contribution in [2.45, 2.75) is 73.3 Å². The molecule has 0 saturated carbocycles. The Kier molecular flexibility index (Phi) is 8.75. The highest BCUT2D eigenvalue weighted by molar-refractivity contribution is 5.82. The molecule has 0 N–H and O–H groups in total. The first-order valence-electron chi connectivity index (χ1n) is 6.76. The molecule has 0 saturated heterocycles. The number of hydrogen-bond acceptors (Lipinski definition) is 1. The van der Waals surface area contributed by atoms with E-state index in [9.17, 15) is 0 Å². The van der Waals surface area contributed by atoms with Crippen molar-refractivity contribution in [3.63, 3.8) is 0 Å². The predicted molar refractivity (Wildman–Crippen MR) is 79.9 cm³/mol. The van der Waals surface area contributed by atoms with Gasteiger partial charge >= 0.3 is 0 Å². The number of aliphatic imine (C=N–C) groups is 1. The second kappa shape index (κ2) is 9.21. The summed E-state index contributed by atoms with van der Waals surface area (Å²) in [5.41, 5.74) is 4.25. The summed E-state index contributed by atoms with van der Waals surface area (Å²) in [6.07, 6.45) is 9.17.